The number of aromatic nitrogens is 3. The fraction of sp³-hybridized carbons (Fsp3) is 0.818. The Bertz CT molecular complexity index is 396. The van der Waals surface area contributed by atoms with Crippen molar-refractivity contribution in [1.29, 1.82) is 0 Å². The van der Waals surface area contributed by atoms with E-state index in [4.69, 9.17) is 4.74 Å². The number of halogens is 1. The second kappa shape index (κ2) is 4.66. The molecule has 2 aliphatic rings. The Morgan fingerprint density at radius 1 is 1.24 bits per heavy atom. The summed E-state index contributed by atoms with van der Waals surface area (Å²) in [7, 11) is 0. The van der Waals surface area contributed by atoms with Gasteiger partial charge in [0.05, 0.1) is 31.0 Å². The van der Waals surface area contributed by atoms with Crippen molar-refractivity contribution in [2.75, 3.05) is 26.3 Å². The Morgan fingerprint density at radius 2 is 1.94 bits per heavy atom. The lowest BCUT2D eigenvalue weighted by molar-refractivity contribution is -0.0735. The average molecular weight is 301 g/mol. The molecule has 0 saturated carbocycles. The Hall–Kier alpha value is -0.460. The molecule has 2 saturated heterocycles. The van der Waals surface area contributed by atoms with E-state index in [1.165, 1.54) is 0 Å². The number of ether oxygens (including phenoxy) is 1. The first-order valence-corrected chi connectivity index (χ1v) is 6.94. The third-order valence-corrected chi connectivity index (χ3v) is 4.59. The molecule has 2 fully saturated rings. The minimum Gasteiger partial charge on any atom is -0.378 e. The quantitative estimate of drug-likeness (QED) is 0.828. The third kappa shape index (κ3) is 2.13. The predicted molar refractivity (Wildman–Crippen MR) is 66.9 cm³/mol. The van der Waals surface area contributed by atoms with E-state index in [1.54, 1.807) is 0 Å². The zero-order valence-electron chi connectivity index (χ0n) is 9.97. The van der Waals surface area contributed by atoms with E-state index in [0.29, 0.717) is 12.1 Å². The fourth-order valence-electron chi connectivity index (χ4n) is 2.60. The summed E-state index contributed by atoms with van der Waals surface area (Å²) in [4.78, 5) is 2.54. The summed E-state index contributed by atoms with van der Waals surface area (Å²) in [6.45, 7) is 6.19. The number of hydrogen-bond donors (Lipinski definition) is 0. The molecule has 0 amide bonds. The van der Waals surface area contributed by atoms with Gasteiger partial charge in [-0.25, -0.2) is 4.68 Å². The van der Waals surface area contributed by atoms with Gasteiger partial charge < -0.3 is 4.74 Å². The van der Waals surface area contributed by atoms with Gasteiger partial charge in [0.25, 0.3) is 0 Å². The number of likely N-dealkylation sites (tertiary alicyclic amines) is 1. The lowest BCUT2D eigenvalue weighted by atomic mass is 10.0. The molecule has 1 aromatic rings. The molecule has 1 aromatic heterocycles. The summed E-state index contributed by atoms with van der Waals surface area (Å²) in [5.74, 6) is 0. The molecule has 2 aliphatic heterocycles. The van der Waals surface area contributed by atoms with E-state index in [2.05, 4.69) is 42.7 Å². The van der Waals surface area contributed by atoms with E-state index in [0.717, 1.165) is 49.4 Å². The largest absolute Gasteiger partial charge is 0.378 e. The molecule has 0 aliphatic carbocycles. The van der Waals surface area contributed by atoms with Crippen LogP contribution in [0.25, 0.3) is 0 Å². The fourth-order valence-corrected chi connectivity index (χ4v) is 2.85. The highest BCUT2D eigenvalue weighted by Gasteiger charge is 2.30. The maximum atomic E-state index is 5.25. The third-order valence-electron chi connectivity index (χ3n) is 3.85. The van der Waals surface area contributed by atoms with Gasteiger partial charge in [-0.15, -0.1) is 5.10 Å². The highest BCUT2D eigenvalue weighted by molar-refractivity contribution is 9.10. The summed E-state index contributed by atoms with van der Waals surface area (Å²) in [6.07, 6.45) is 2.32. The summed E-state index contributed by atoms with van der Waals surface area (Å²) in [5, 5.41) is 8.29. The average Bonchev–Trinajstić information content (AvgIpc) is 2.59. The Kier molecular flexibility index (Phi) is 3.19. The van der Waals surface area contributed by atoms with Gasteiger partial charge in [-0.05, 0) is 35.7 Å². The zero-order chi connectivity index (χ0) is 11.8. The van der Waals surface area contributed by atoms with E-state index < -0.39 is 0 Å². The lowest BCUT2D eigenvalue weighted by Gasteiger charge is -2.41. The number of hydrogen-bond acceptors (Lipinski definition) is 4. The summed E-state index contributed by atoms with van der Waals surface area (Å²) in [6, 6.07) is 1.17. The monoisotopic (exact) mass is 300 g/mol. The van der Waals surface area contributed by atoms with Crippen molar-refractivity contribution in [1.82, 2.24) is 19.9 Å². The first kappa shape index (κ1) is 11.6. The van der Waals surface area contributed by atoms with Gasteiger partial charge in [-0.1, -0.05) is 5.21 Å². The van der Waals surface area contributed by atoms with Crippen molar-refractivity contribution in [3.05, 3.63) is 10.3 Å². The van der Waals surface area contributed by atoms with Crippen molar-refractivity contribution in [3.8, 4) is 0 Å². The second-order valence-corrected chi connectivity index (χ2v) is 5.62. The molecular formula is C11H17BrN4O. The van der Waals surface area contributed by atoms with Crippen LogP contribution in [0.4, 0.5) is 0 Å². The molecule has 3 heterocycles. The van der Waals surface area contributed by atoms with Crippen LogP contribution in [0.1, 0.15) is 24.6 Å². The van der Waals surface area contributed by atoms with Gasteiger partial charge in [0, 0.05) is 13.1 Å². The molecule has 0 unspecified atom stereocenters. The Labute approximate surface area is 109 Å². The van der Waals surface area contributed by atoms with Crippen LogP contribution in [-0.2, 0) is 4.74 Å². The van der Waals surface area contributed by atoms with Crippen LogP contribution < -0.4 is 0 Å². The Balaban J connectivity index is 1.62. The summed E-state index contributed by atoms with van der Waals surface area (Å²) >= 11 is 3.42. The van der Waals surface area contributed by atoms with Crippen LogP contribution >= 0.6 is 15.9 Å². The SMILES string of the molecule is Cc1c(Br)nnn1C1CCN(C2COC2)CC1. The minimum atomic E-state index is 0.506. The van der Waals surface area contributed by atoms with E-state index in [9.17, 15) is 0 Å². The predicted octanol–water partition coefficient (Wildman–Crippen LogP) is 1.38. The van der Waals surface area contributed by atoms with Crippen molar-refractivity contribution >= 4 is 15.9 Å². The van der Waals surface area contributed by atoms with E-state index >= 15 is 0 Å². The van der Waals surface area contributed by atoms with Crippen LogP contribution in [0.15, 0.2) is 4.60 Å². The standard InChI is InChI=1S/C11H17BrN4O/c1-8-11(12)13-14-16(8)9-2-4-15(5-3-9)10-6-17-7-10/h9-10H,2-7H2,1H3. The minimum absolute atomic E-state index is 0.506. The van der Waals surface area contributed by atoms with E-state index in [1.807, 2.05) is 0 Å². The normalized spacial score (nSPS) is 23.9. The van der Waals surface area contributed by atoms with Crippen molar-refractivity contribution < 1.29 is 4.74 Å². The molecule has 0 atom stereocenters. The molecule has 0 aromatic carbocycles. The van der Waals surface area contributed by atoms with Crippen LogP contribution in [0.5, 0.6) is 0 Å². The summed E-state index contributed by atoms with van der Waals surface area (Å²) < 4.78 is 8.18. The number of nitrogens with zero attached hydrogens (tertiary/aromatic N) is 4. The maximum absolute atomic E-state index is 5.25. The van der Waals surface area contributed by atoms with Crippen LogP contribution in [0.3, 0.4) is 0 Å². The van der Waals surface area contributed by atoms with E-state index in [-0.39, 0.29) is 0 Å². The van der Waals surface area contributed by atoms with Crippen molar-refractivity contribution in [3.63, 3.8) is 0 Å². The molecule has 0 radical (unpaired) electrons. The van der Waals surface area contributed by atoms with Gasteiger partial charge in [-0.2, -0.15) is 0 Å². The smallest absolute Gasteiger partial charge is 0.151 e. The highest BCUT2D eigenvalue weighted by Crippen LogP contribution is 2.27. The first-order valence-electron chi connectivity index (χ1n) is 6.15. The second-order valence-electron chi connectivity index (χ2n) is 4.87. The van der Waals surface area contributed by atoms with Crippen LogP contribution in [0.2, 0.25) is 0 Å². The molecule has 0 N–H and O–H groups in total. The molecule has 0 bridgehead atoms. The highest BCUT2D eigenvalue weighted by atomic mass is 79.9. The maximum Gasteiger partial charge on any atom is 0.151 e. The van der Waals surface area contributed by atoms with Crippen LogP contribution in [0, 0.1) is 6.92 Å². The first-order chi connectivity index (χ1) is 8.25. The number of piperidine rings is 1. The molecule has 5 nitrogen and oxygen atoms in total. The topological polar surface area (TPSA) is 43.2 Å². The van der Waals surface area contributed by atoms with Gasteiger partial charge in [0.15, 0.2) is 4.60 Å². The molecule has 6 heteroatoms. The van der Waals surface area contributed by atoms with Crippen molar-refractivity contribution in [2.45, 2.75) is 31.8 Å². The van der Waals surface area contributed by atoms with Crippen molar-refractivity contribution in [2.24, 2.45) is 0 Å². The molecule has 0 spiro atoms. The zero-order valence-corrected chi connectivity index (χ0v) is 11.6. The molecular weight excluding hydrogens is 284 g/mol. The Morgan fingerprint density at radius 3 is 2.41 bits per heavy atom. The van der Waals surface area contributed by atoms with Gasteiger partial charge in [0.1, 0.15) is 0 Å². The molecule has 17 heavy (non-hydrogen) atoms. The summed E-state index contributed by atoms with van der Waals surface area (Å²) in [5.41, 5.74) is 1.13. The van der Waals surface area contributed by atoms with Gasteiger partial charge >= 0.3 is 0 Å². The lowest BCUT2D eigenvalue weighted by Crippen LogP contribution is -2.52. The number of rotatable bonds is 2. The molecule has 3 rings (SSSR count). The van der Waals surface area contributed by atoms with Gasteiger partial charge in [0.2, 0.25) is 0 Å². The van der Waals surface area contributed by atoms with Gasteiger partial charge in [-0.3, -0.25) is 4.90 Å². The molecule has 94 valence electrons. The van der Waals surface area contributed by atoms with Crippen LogP contribution in [-0.4, -0.2) is 52.2 Å².